The zero-order valence-electron chi connectivity index (χ0n) is 16.5. The largest absolute Gasteiger partial charge is 0.504 e. The summed E-state index contributed by atoms with van der Waals surface area (Å²) in [5.41, 5.74) is 1.79. The number of aliphatic imine (C=N–C) groups is 1. The van der Waals surface area contributed by atoms with Gasteiger partial charge >= 0.3 is 5.97 Å². The van der Waals surface area contributed by atoms with E-state index in [2.05, 4.69) is 9.73 Å². The molecule has 1 aliphatic rings. The maximum Gasteiger partial charge on any atom is 0.337 e. The van der Waals surface area contributed by atoms with Crippen LogP contribution >= 0.6 is 34.4 Å². The number of thioether (sulfide) groups is 1. The number of amidine groups is 1. The number of hydrogen-bond acceptors (Lipinski definition) is 7. The summed E-state index contributed by atoms with van der Waals surface area (Å²) in [6, 6.07) is 10.1. The fraction of sp³-hybridized carbons (Fsp3) is 0.190. The lowest BCUT2D eigenvalue weighted by atomic mass is 10.2. The summed E-state index contributed by atoms with van der Waals surface area (Å²) in [6.45, 7) is 2.26. The van der Waals surface area contributed by atoms with Gasteiger partial charge in [-0.3, -0.25) is 9.69 Å². The third kappa shape index (κ3) is 4.78. The monoisotopic (exact) mass is 538 g/mol. The normalized spacial score (nSPS) is 16.4. The van der Waals surface area contributed by atoms with Crippen LogP contribution in [0.2, 0.25) is 0 Å². The third-order valence-electron chi connectivity index (χ3n) is 4.17. The van der Waals surface area contributed by atoms with E-state index >= 15 is 0 Å². The van der Waals surface area contributed by atoms with Crippen LogP contribution in [0.4, 0.5) is 5.69 Å². The van der Waals surface area contributed by atoms with Crippen molar-refractivity contribution in [1.82, 2.24) is 4.90 Å². The predicted octanol–water partition coefficient (Wildman–Crippen LogP) is 4.42. The summed E-state index contributed by atoms with van der Waals surface area (Å²) >= 11 is 3.27. The Kier molecular flexibility index (Phi) is 7.03. The van der Waals surface area contributed by atoms with Gasteiger partial charge in [-0.15, -0.1) is 0 Å². The van der Waals surface area contributed by atoms with Gasteiger partial charge in [-0.25, -0.2) is 9.79 Å². The van der Waals surface area contributed by atoms with Gasteiger partial charge in [-0.1, -0.05) is 0 Å². The summed E-state index contributed by atoms with van der Waals surface area (Å²) in [7, 11) is 2.98. The lowest BCUT2D eigenvalue weighted by Gasteiger charge is -2.09. The number of aromatic hydroxyl groups is 1. The predicted molar refractivity (Wildman–Crippen MR) is 125 cm³/mol. The zero-order valence-corrected chi connectivity index (χ0v) is 19.5. The first-order valence-electron chi connectivity index (χ1n) is 8.94. The number of amides is 1. The molecule has 1 heterocycles. The van der Waals surface area contributed by atoms with Crippen molar-refractivity contribution in [2.75, 3.05) is 20.8 Å². The van der Waals surface area contributed by atoms with Crippen molar-refractivity contribution in [2.24, 2.45) is 4.99 Å². The topological polar surface area (TPSA) is 88.4 Å². The second-order valence-corrected chi connectivity index (χ2v) is 8.36. The van der Waals surface area contributed by atoms with Crippen LogP contribution in [0.25, 0.3) is 6.08 Å². The van der Waals surface area contributed by atoms with E-state index in [0.717, 1.165) is 5.56 Å². The van der Waals surface area contributed by atoms with Crippen LogP contribution in [0.5, 0.6) is 11.5 Å². The summed E-state index contributed by atoms with van der Waals surface area (Å²) in [6.07, 6.45) is 1.75. The average Bonchev–Trinajstić information content (AvgIpc) is 2.99. The Morgan fingerprint density at radius 1 is 1.30 bits per heavy atom. The zero-order chi connectivity index (χ0) is 21.8. The van der Waals surface area contributed by atoms with Crippen LogP contribution in [0.15, 0.2) is 46.3 Å². The molecule has 30 heavy (non-hydrogen) atoms. The molecule has 0 unspecified atom stereocenters. The molecule has 0 saturated carbocycles. The van der Waals surface area contributed by atoms with Crippen molar-refractivity contribution in [3.63, 3.8) is 0 Å². The number of methoxy groups -OCH3 is 1. The minimum absolute atomic E-state index is 0.0831. The number of phenolic OH excluding ortho intramolecular Hbond substituents is 1. The van der Waals surface area contributed by atoms with E-state index in [1.54, 1.807) is 49.5 Å². The highest BCUT2D eigenvalue weighted by Gasteiger charge is 2.30. The molecule has 0 aliphatic carbocycles. The Balaban J connectivity index is 1.87. The van der Waals surface area contributed by atoms with Gasteiger partial charge in [0, 0.05) is 7.05 Å². The fourth-order valence-electron chi connectivity index (χ4n) is 2.65. The van der Waals surface area contributed by atoms with Crippen LogP contribution in [0, 0.1) is 3.57 Å². The van der Waals surface area contributed by atoms with Crippen molar-refractivity contribution in [3.8, 4) is 11.5 Å². The van der Waals surface area contributed by atoms with Crippen molar-refractivity contribution >= 4 is 63.2 Å². The van der Waals surface area contributed by atoms with Gasteiger partial charge in [-0.2, -0.15) is 0 Å². The summed E-state index contributed by atoms with van der Waals surface area (Å²) < 4.78 is 10.8. The molecule has 0 spiro atoms. The maximum atomic E-state index is 12.7. The van der Waals surface area contributed by atoms with Crippen LogP contribution in [0.1, 0.15) is 22.8 Å². The number of carbonyl (C=O) groups is 2. The molecule has 1 aliphatic heterocycles. The Morgan fingerprint density at radius 2 is 2.00 bits per heavy atom. The average molecular weight is 538 g/mol. The summed E-state index contributed by atoms with van der Waals surface area (Å²) in [4.78, 5) is 30.7. The van der Waals surface area contributed by atoms with E-state index in [1.807, 2.05) is 29.5 Å². The second kappa shape index (κ2) is 9.52. The van der Waals surface area contributed by atoms with Crippen molar-refractivity contribution in [3.05, 3.63) is 56.0 Å². The first-order chi connectivity index (χ1) is 14.3. The molecule has 156 valence electrons. The molecule has 1 saturated heterocycles. The summed E-state index contributed by atoms with van der Waals surface area (Å²) in [5, 5.41) is 10.6. The molecule has 0 atom stereocenters. The highest BCUT2D eigenvalue weighted by molar-refractivity contribution is 14.1. The van der Waals surface area contributed by atoms with E-state index in [1.165, 1.54) is 23.8 Å². The quantitative estimate of drug-likeness (QED) is 0.345. The van der Waals surface area contributed by atoms with Gasteiger partial charge in [0.25, 0.3) is 5.91 Å². The van der Waals surface area contributed by atoms with E-state index in [0.29, 0.717) is 37.3 Å². The van der Waals surface area contributed by atoms with Gasteiger partial charge in [0.15, 0.2) is 16.7 Å². The molecular weight excluding hydrogens is 519 g/mol. The first kappa shape index (κ1) is 22.2. The lowest BCUT2D eigenvalue weighted by molar-refractivity contribution is -0.121. The molecule has 9 heteroatoms. The molecule has 0 aromatic heterocycles. The highest BCUT2D eigenvalue weighted by Crippen LogP contribution is 2.37. The molecule has 0 bridgehead atoms. The lowest BCUT2D eigenvalue weighted by Crippen LogP contribution is -2.23. The number of rotatable bonds is 5. The van der Waals surface area contributed by atoms with Gasteiger partial charge in [0.1, 0.15) is 0 Å². The standard InChI is InChI=1S/C21H19IN2O5S/c1-4-29-16-10-12(9-15(22)18(16)25)11-17-19(26)24(2)21(30-17)23-14-7-5-13(6-8-14)20(27)28-3/h5-11,25H,4H2,1-3H3. The van der Waals surface area contributed by atoms with Crippen LogP contribution in [-0.4, -0.2) is 47.8 Å². The SMILES string of the molecule is CCOc1cc(C=C2SC(=Nc3ccc(C(=O)OC)cc3)N(C)C2=O)cc(I)c1O. The number of likely N-dealkylation sites (N-methyl/N-ethyl adjacent to an activating group) is 1. The Bertz CT molecular complexity index is 1050. The van der Waals surface area contributed by atoms with Crippen molar-refractivity contribution in [2.45, 2.75) is 6.92 Å². The van der Waals surface area contributed by atoms with Gasteiger partial charge < -0.3 is 14.6 Å². The molecule has 2 aromatic carbocycles. The molecule has 0 radical (unpaired) electrons. The minimum Gasteiger partial charge on any atom is -0.504 e. The summed E-state index contributed by atoms with van der Waals surface area (Å²) in [5.74, 6) is -0.137. The molecule has 7 nitrogen and oxygen atoms in total. The molecule has 2 aromatic rings. The second-order valence-electron chi connectivity index (χ2n) is 6.19. The van der Waals surface area contributed by atoms with Gasteiger partial charge in [0.05, 0.1) is 33.4 Å². The maximum absolute atomic E-state index is 12.7. The Morgan fingerprint density at radius 3 is 2.63 bits per heavy atom. The highest BCUT2D eigenvalue weighted by atomic mass is 127. The molecule has 1 amide bonds. The number of benzene rings is 2. The Hall–Kier alpha value is -2.53. The van der Waals surface area contributed by atoms with Crippen LogP contribution in [-0.2, 0) is 9.53 Å². The van der Waals surface area contributed by atoms with Crippen molar-refractivity contribution in [1.29, 1.82) is 0 Å². The van der Waals surface area contributed by atoms with E-state index in [4.69, 9.17) is 4.74 Å². The number of hydrogen-bond donors (Lipinski definition) is 1. The first-order valence-corrected chi connectivity index (χ1v) is 10.8. The van der Waals surface area contributed by atoms with Crippen molar-refractivity contribution < 1.29 is 24.2 Å². The fourth-order valence-corrected chi connectivity index (χ4v) is 4.26. The van der Waals surface area contributed by atoms with Crippen LogP contribution < -0.4 is 4.74 Å². The molecule has 1 N–H and O–H groups in total. The van der Waals surface area contributed by atoms with E-state index in [9.17, 15) is 14.7 Å². The number of halogens is 1. The van der Waals surface area contributed by atoms with E-state index in [-0.39, 0.29) is 11.7 Å². The Labute approximate surface area is 191 Å². The molecular formula is C21H19IN2O5S. The number of phenols is 1. The number of nitrogens with zero attached hydrogens (tertiary/aromatic N) is 2. The minimum atomic E-state index is -0.420. The smallest absolute Gasteiger partial charge is 0.337 e. The van der Waals surface area contributed by atoms with Crippen LogP contribution in [0.3, 0.4) is 0 Å². The van der Waals surface area contributed by atoms with Gasteiger partial charge in [0.2, 0.25) is 0 Å². The molecule has 1 fully saturated rings. The number of carbonyl (C=O) groups excluding carboxylic acids is 2. The van der Waals surface area contributed by atoms with E-state index < -0.39 is 5.97 Å². The van der Waals surface area contributed by atoms with Gasteiger partial charge in [-0.05, 0) is 89.3 Å². The number of ether oxygens (including phenoxy) is 2. The molecule has 3 rings (SSSR count). The number of esters is 1. The third-order valence-corrected chi connectivity index (χ3v) is 6.05.